The summed E-state index contributed by atoms with van der Waals surface area (Å²) < 4.78 is 16.4. The minimum absolute atomic E-state index is 0.0151. The third kappa shape index (κ3) is 4.41. The largest absolute Gasteiger partial charge is 0.495 e. The number of para-hydroxylation sites is 2. The van der Waals surface area contributed by atoms with Crippen molar-refractivity contribution in [2.75, 3.05) is 38.8 Å². The smallest absolute Gasteiger partial charge is 0.322 e. The van der Waals surface area contributed by atoms with E-state index in [1.165, 1.54) is 12.0 Å². The molecule has 2 heterocycles. The van der Waals surface area contributed by atoms with Gasteiger partial charge in [-0.15, -0.1) is 0 Å². The van der Waals surface area contributed by atoms with Crippen molar-refractivity contribution in [2.45, 2.75) is 6.54 Å². The fraction of sp³-hybridized carbons (Fsp3) is 0.273. The Hall–Kier alpha value is -3.72. The minimum Gasteiger partial charge on any atom is -0.495 e. The zero-order valence-corrected chi connectivity index (χ0v) is 17.0. The lowest BCUT2D eigenvalue weighted by Crippen LogP contribution is -2.38. The van der Waals surface area contributed by atoms with Crippen LogP contribution in [0.2, 0.25) is 0 Å². The maximum atomic E-state index is 12.8. The maximum Gasteiger partial charge on any atom is 0.322 e. The summed E-state index contributed by atoms with van der Waals surface area (Å²) in [6, 6.07) is 11.8. The van der Waals surface area contributed by atoms with Crippen molar-refractivity contribution in [1.82, 2.24) is 9.88 Å². The number of urea groups is 1. The second-order valence-electron chi connectivity index (χ2n) is 6.98. The zero-order valence-electron chi connectivity index (χ0n) is 17.0. The van der Waals surface area contributed by atoms with Crippen molar-refractivity contribution in [1.29, 1.82) is 0 Å². The third-order valence-corrected chi connectivity index (χ3v) is 4.95. The molecule has 0 aliphatic carbocycles. The number of aliphatic hydroxyl groups excluding tert-OH is 1. The number of anilines is 1. The molecule has 0 radical (unpaired) electrons. The molecule has 0 atom stereocenters. The van der Waals surface area contributed by atoms with Gasteiger partial charge >= 0.3 is 6.03 Å². The second kappa shape index (κ2) is 8.97. The van der Waals surface area contributed by atoms with E-state index in [9.17, 15) is 14.7 Å². The zero-order chi connectivity index (χ0) is 21.8. The number of H-pyrrole nitrogens is 1. The van der Waals surface area contributed by atoms with E-state index in [4.69, 9.17) is 14.2 Å². The number of hydrogen-bond acceptors (Lipinski definition) is 6. The van der Waals surface area contributed by atoms with Crippen LogP contribution >= 0.6 is 0 Å². The highest BCUT2D eigenvalue weighted by atomic mass is 16.6. The van der Waals surface area contributed by atoms with E-state index in [0.717, 1.165) is 5.39 Å². The van der Waals surface area contributed by atoms with Crippen LogP contribution in [0.25, 0.3) is 10.9 Å². The number of amides is 2. The van der Waals surface area contributed by atoms with E-state index < -0.39 is 6.03 Å². The molecule has 9 heteroatoms. The van der Waals surface area contributed by atoms with Gasteiger partial charge in [0.15, 0.2) is 11.5 Å². The predicted octanol–water partition coefficient (Wildman–Crippen LogP) is 2.33. The molecule has 0 saturated heterocycles. The number of carbonyl (C=O) groups excluding carboxylic acids is 1. The Kier molecular flexibility index (Phi) is 5.94. The van der Waals surface area contributed by atoms with Crippen molar-refractivity contribution in [3.63, 3.8) is 0 Å². The maximum absolute atomic E-state index is 12.8. The normalized spacial score (nSPS) is 12.5. The van der Waals surface area contributed by atoms with E-state index in [1.54, 1.807) is 42.5 Å². The number of benzene rings is 2. The number of pyridine rings is 1. The summed E-state index contributed by atoms with van der Waals surface area (Å²) in [6.45, 7) is 0.741. The Morgan fingerprint density at radius 3 is 2.68 bits per heavy atom. The standard InChI is InChI=1S/C22H23N3O6/c1-29-18-5-3-2-4-16(18)24-22(28)25(6-7-26)13-15-10-14-11-19-20(31-9-8-30-19)12-17(14)23-21(15)27/h2-5,10-12,26H,6-9,13H2,1H3,(H,23,27)(H,24,28). The Morgan fingerprint density at radius 2 is 1.94 bits per heavy atom. The van der Waals surface area contributed by atoms with Gasteiger partial charge in [0.05, 0.1) is 31.5 Å². The number of ether oxygens (including phenoxy) is 3. The van der Waals surface area contributed by atoms with E-state index in [0.29, 0.717) is 47.2 Å². The van der Waals surface area contributed by atoms with Gasteiger partial charge in [0.2, 0.25) is 0 Å². The van der Waals surface area contributed by atoms with Crippen molar-refractivity contribution in [2.24, 2.45) is 0 Å². The topological polar surface area (TPSA) is 113 Å². The molecule has 4 rings (SSSR count). The number of nitrogens with zero attached hydrogens (tertiary/aromatic N) is 1. The van der Waals surface area contributed by atoms with Crippen LogP contribution in [0.1, 0.15) is 5.56 Å². The van der Waals surface area contributed by atoms with E-state index >= 15 is 0 Å². The van der Waals surface area contributed by atoms with Gasteiger partial charge in [0.25, 0.3) is 5.56 Å². The first-order valence-electron chi connectivity index (χ1n) is 9.84. The van der Waals surface area contributed by atoms with Gasteiger partial charge in [-0.3, -0.25) is 4.79 Å². The second-order valence-corrected chi connectivity index (χ2v) is 6.98. The lowest BCUT2D eigenvalue weighted by Gasteiger charge is -2.23. The molecular weight excluding hydrogens is 402 g/mol. The predicted molar refractivity (Wildman–Crippen MR) is 115 cm³/mol. The fourth-order valence-corrected chi connectivity index (χ4v) is 3.43. The van der Waals surface area contributed by atoms with Gasteiger partial charge in [-0.2, -0.15) is 0 Å². The Labute approximate surface area is 178 Å². The number of methoxy groups -OCH3 is 1. The SMILES string of the molecule is COc1ccccc1NC(=O)N(CCO)Cc1cc2cc3c(cc2[nH]c1=O)OCCO3. The molecule has 0 unspecified atom stereocenters. The molecule has 2 aromatic carbocycles. The van der Waals surface area contributed by atoms with Crippen molar-refractivity contribution >= 4 is 22.6 Å². The molecule has 9 nitrogen and oxygen atoms in total. The number of hydrogen-bond donors (Lipinski definition) is 3. The summed E-state index contributed by atoms with van der Waals surface area (Å²) in [4.78, 5) is 29.7. The van der Waals surface area contributed by atoms with Crippen LogP contribution < -0.4 is 25.1 Å². The summed E-state index contributed by atoms with van der Waals surface area (Å²) in [6.07, 6.45) is 0. The first-order chi connectivity index (χ1) is 15.1. The summed E-state index contributed by atoms with van der Waals surface area (Å²) >= 11 is 0. The number of fused-ring (bicyclic) bond motifs is 2. The number of nitrogens with one attached hydrogen (secondary N) is 2. The van der Waals surface area contributed by atoms with Crippen molar-refractivity contribution in [3.05, 3.63) is 58.4 Å². The quantitative estimate of drug-likeness (QED) is 0.559. The monoisotopic (exact) mass is 425 g/mol. The van der Waals surface area contributed by atoms with E-state index in [-0.39, 0.29) is 25.3 Å². The Morgan fingerprint density at radius 1 is 1.19 bits per heavy atom. The lowest BCUT2D eigenvalue weighted by atomic mass is 10.1. The molecule has 1 aliphatic heterocycles. The first kappa shape index (κ1) is 20.5. The molecule has 3 aromatic rings. The van der Waals surface area contributed by atoms with Gasteiger partial charge in [0, 0.05) is 23.6 Å². The summed E-state index contributed by atoms with van der Waals surface area (Å²) in [5, 5.41) is 13.0. The Balaban J connectivity index is 1.60. The molecule has 3 N–H and O–H groups in total. The van der Waals surface area contributed by atoms with Crippen LogP contribution in [0, 0.1) is 0 Å². The van der Waals surface area contributed by atoms with Gasteiger partial charge in [-0.05, 0) is 24.3 Å². The highest BCUT2D eigenvalue weighted by Crippen LogP contribution is 2.33. The molecule has 1 aromatic heterocycles. The highest BCUT2D eigenvalue weighted by Gasteiger charge is 2.19. The van der Waals surface area contributed by atoms with Crippen LogP contribution in [0.3, 0.4) is 0 Å². The molecule has 0 saturated carbocycles. The number of aromatic nitrogens is 1. The highest BCUT2D eigenvalue weighted by molar-refractivity contribution is 5.91. The van der Waals surface area contributed by atoms with Crippen LogP contribution in [-0.2, 0) is 6.54 Å². The third-order valence-electron chi connectivity index (χ3n) is 4.95. The van der Waals surface area contributed by atoms with Gasteiger partial charge in [-0.1, -0.05) is 12.1 Å². The Bertz CT molecular complexity index is 1160. The van der Waals surface area contributed by atoms with Crippen LogP contribution in [-0.4, -0.2) is 54.5 Å². The lowest BCUT2D eigenvalue weighted by molar-refractivity contribution is 0.172. The van der Waals surface area contributed by atoms with Crippen LogP contribution in [0.15, 0.2) is 47.3 Å². The molecule has 0 bridgehead atoms. The number of rotatable bonds is 6. The average molecular weight is 425 g/mol. The summed E-state index contributed by atoms with van der Waals surface area (Å²) in [5.41, 5.74) is 1.17. The van der Waals surface area contributed by atoms with E-state index in [2.05, 4.69) is 10.3 Å². The number of aliphatic hydroxyl groups is 1. The molecule has 31 heavy (non-hydrogen) atoms. The molecule has 1 aliphatic rings. The summed E-state index contributed by atoms with van der Waals surface area (Å²) in [5.74, 6) is 1.70. The van der Waals surface area contributed by atoms with E-state index in [1.807, 2.05) is 0 Å². The van der Waals surface area contributed by atoms with Gasteiger partial charge < -0.3 is 34.5 Å². The van der Waals surface area contributed by atoms with Gasteiger partial charge in [0.1, 0.15) is 19.0 Å². The molecule has 162 valence electrons. The van der Waals surface area contributed by atoms with Gasteiger partial charge in [-0.25, -0.2) is 4.79 Å². The number of aromatic amines is 1. The summed E-state index contributed by atoms with van der Waals surface area (Å²) in [7, 11) is 1.51. The molecule has 0 spiro atoms. The van der Waals surface area contributed by atoms with Crippen LogP contribution in [0.5, 0.6) is 17.2 Å². The fourth-order valence-electron chi connectivity index (χ4n) is 3.43. The number of carbonyl (C=O) groups is 1. The minimum atomic E-state index is -0.458. The average Bonchev–Trinajstić information content (AvgIpc) is 2.78. The molecule has 2 amide bonds. The van der Waals surface area contributed by atoms with Crippen molar-refractivity contribution in [3.8, 4) is 17.2 Å². The molecular formula is C22H23N3O6. The van der Waals surface area contributed by atoms with Crippen molar-refractivity contribution < 1.29 is 24.1 Å². The van der Waals surface area contributed by atoms with Crippen LogP contribution in [0.4, 0.5) is 10.5 Å². The first-order valence-corrected chi connectivity index (χ1v) is 9.84. The molecule has 0 fully saturated rings.